The fraction of sp³-hybridized carbons (Fsp3) is 0.588. The van der Waals surface area contributed by atoms with E-state index in [0.717, 1.165) is 49.1 Å². The van der Waals surface area contributed by atoms with Crippen molar-refractivity contribution in [3.05, 3.63) is 34.9 Å². The molecule has 0 saturated heterocycles. The maximum Gasteiger partial charge on any atom is 0.191 e. The first-order valence-electron chi connectivity index (χ1n) is 8.09. The first-order chi connectivity index (χ1) is 11.3. The SMILES string of the molecule is CCNC(=NCc1ccc(Cl)cc1)NCCCCOCCOC.I. The number of ether oxygens (including phenoxy) is 2. The summed E-state index contributed by atoms with van der Waals surface area (Å²) in [5.74, 6) is 0.836. The number of guanidine groups is 1. The second kappa shape index (κ2) is 15.9. The van der Waals surface area contributed by atoms with Gasteiger partial charge in [0.1, 0.15) is 0 Å². The second-order valence-corrected chi connectivity index (χ2v) is 5.50. The summed E-state index contributed by atoms with van der Waals surface area (Å²) in [6.07, 6.45) is 2.06. The Balaban J connectivity index is 0.00000529. The van der Waals surface area contributed by atoms with Crippen LogP contribution >= 0.6 is 35.6 Å². The van der Waals surface area contributed by atoms with Crippen molar-refractivity contribution < 1.29 is 9.47 Å². The minimum atomic E-state index is 0. The fourth-order valence-corrected chi connectivity index (χ4v) is 2.01. The Hall–Kier alpha value is -0.570. The fourth-order valence-electron chi connectivity index (χ4n) is 1.88. The van der Waals surface area contributed by atoms with Crippen molar-refractivity contribution in [2.24, 2.45) is 4.99 Å². The van der Waals surface area contributed by atoms with Crippen LogP contribution in [0.25, 0.3) is 0 Å². The molecule has 0 aromatic heterocycles. The topological polar surface area (TPSA) is 54.9 Å². The highest BCUT2D eigenvalue weighted by Gasteiger charge is 1.98. The summed E-state index contributed by atoms with van der Waals surface area (Å²) in [7, 11) is 1.68. The molecular weight excluding hydrogens is 441 g/mol. The van der Waals surface area contributed by atoms with Gasteiger partial charge in [-0.15, -0.1) is 24.0 Å². The number of nitrogens with one attached hydrogen (secondary N) is 2. The lowest BCUT2D eigenvalue weighted by atomic mass is 10.2. The number of unbranched alkanes of at least 4 members (excludes halogenated alkanes) is 1. The third kappa shape index (κ3) is 11.9. The third-order valence-corrected chi connectivity index (χ3v) is 3.37. The monoisotopic (exact) mass is 469 g/mol. The molecule has 1 aromatic rings. The highest BCUT2D eigenvalue weighted by atomic mass is 127. The molecular formula is C17H29ClIN3O2. The van der Waals surface area contributed by atoms with Crippen LogP contribution in [0.4, 0.5) is 0 Å². The van der Waals surface area contributed by atoms with Crippen molar-refractivity contribution in [1.82, 2.24) is 10.6 Å². The van der Waals surface area contributed by atoms with Crippen molar-refractivity contribution in [3.8, 4) is 0 Å². The predicted molar refractivity (Wildman–Crippen MR) is 112 cm³/mol. The average molecular weight is 470 g/mol. The quantitative estimate of drug-likeness (QED) is 0.226. The Morgan fingerprint density at radius 3 is 2.50 bits per heavy atom. The number of methoxy groups -OCH3 is 1. The first-order valence-corrected chi connectivity index (χ1v) is 8.47. The van der Waals surface area contributed by atoms with E-state index in [-0.39, 0.29) is 24.0 Å². The Labute approximate surface area is 167 Å². The molecule has 1 rings (SSSR count). The van der Waals surface area contributed by atoms with Gasteiger partial charge in [0.15, 0.2) is 5.96 Å². The van der Waals surface area contributed by atoms with E-state index < -0.39 is 0 Å². The zero-order valence-corrected chi connectivity index (χ0v) is 17.6. The minimum Gasteiger partial charge on any atom is -0.382 e. The van der Waals surface area contributed by atoms with Crippen LogP contribution in [-0.2, 0) is 16.0 Å². The van der Waals surface area contributed by atoms with Crippen LogP contribution in [-0.4, -0.2) is 46.0 Å². The van der Waals surface area contributed by atoms with Gasteiger partial charge in [0, 0.05) is 31.8 Å². The van der Waals surface area contributed by atoms with Gasteiger partial charge in [0.2, 0.25) is 0 Å². The highest BCUT2D eigenvalue weighted by Crippen LogP contribution is 2.10. The van der Waals surface area contributed by atoms with E-state index >= 15 is 0 Å². The van der Waals surface area contributed by atoms with Gasteiger partial charge in [-0.1, -0.05) is 23.7 Å². The summed E-state index contributed by atoms with van der Waals surface area (Å²) in [5.41, 5.74) is 1.14. The molecule has 1 aromatic carbocycles. The molecule has 0 aliphatic rings. The van der Waals surface area contributed by atoms with Crippen LogP contribution in [0.1, 0.15) is 25.3 Å². The summed E-state index contributed by atoms with van der Waals surface area (Å²) >= 11 is 5.88. The van der Waals surface area contributed by atoms with Crippen molar-refractivity contribution in [3.63, 3.8) is 0 Å². The van der Waals surface area contributed by atoms with E-state index in [1.165, 1.54) is 0 Å². The number of hydrogen-bond donors (Lipinski definition) is 2. The van der Waals surface area contributed by atoms with Gasteiger partial charge in [-0.2, -0.15) is 0 Å². The molecule has 7 heteroatoms. The summed E-state index contributed by atoms with van der Waals surface area (Å²) < 4.78 is 10.4. The molecule has 0 heterocycles. The van der Waals surface area contributed by atoms with Gasteiger partial charge < -0.3 is 20.1 Å². The van der Waals surface area contributed by atoms with E-state index in [9.17, 15) is 0 Å². The van der Waals surface area contributed by atoms with Gasteiger partial charge >= 0.3 is 0 Å². The van der Waals surface area contributed by atoms with Gasteiger partial charge in [-0.3, -0.25) is 0 Å². The average Bonchev–Trinajstić information content (AvgIpc) is 2.56. The summed E-state index contributed by atoms with van der Waals surface area (Å²) in [6, 6.07) is 7.76. The molecule has 138 valence electrons. The number of aliphatic imine (C=N–C) groups is 1. The molecule has 0 atom stereocenters. The van der Waals surface area contributed by atoms with Crippen LogP contribution in [0.15, 0.2) is 29.3 Å². The summed E-state index contributed by atoms with van der Waals surface area (Å²) in [6.45, 7) is 6.49. The molecule has 0 spiro atoms. The van der Waals surface area contributed by atoms with Gasteiger partial charge in [0.25, 0.3) is 0 Å². The lowest BCUT2D eigenvalue weighted by molar-refractivity contribution is 0.0689. The maximum atomic E-state index is 5.88. The Bertz CT molecular complexity index is 444. The third-order valence-electron chi connectivity index (χ3n) is 3.12. The minimum absolute atomic E-state index is 0. The lowest BCUT2D eigenvalue weighted by Gasteiger charge is -2.11. The number of halogens is 2. The molecule has 0 bridgehead atoms. The Kier molecular flexibility index (Phi) is 15.6. The van der Waals surface area contributed by atoms with Gasteiger partial charge in [-0.25, -0.2) is 4.99 Å². The molecule has 24 heavy (non-hydrogen) atoms. The predicted octanol–water partition coefficient (Wildman–Crippen LogP) is 3.46. The largest absolute Gasteiger partial charge is 0.382 e. The Morgan fingerprint density at radius 1 is 1.08 bits per heavy atom. The molecule has 0 aliphatic carbocycles. The van der Waals surface area contributed by atoms with E-state index in [4.69, 9.17) is 21.1 Å². The molecule has 0 fully saturated rings. The van der Waals surface area contributed by atoms with E-state index in [0.29, 0.717) is 19.8 Å². The molecule has 0 radical (unpaired) electrons. The van der Waals surface area contributed by atoms with Crippen LogP contribution in [0.3, 0.4) is 0 Å². The van der Waals surface area contributed by atoms with Crippen molar-refractivity contribution in [2.75, 3.05) is 40.0 Å². The molecule has 0 amide bonds. The molecule has 5 nitrogen and oxygen atoms in total. The molecule has 0 unspecified atom stereocenters. The van der Waals surface area contributed by atoms with Crippen LogP contribution < -0.4 is 10.6 Å². The number of benzene rings is 1. The van der Waals surface area contributed by atoms with E-state index in [1.54, 1.807) is 7.11 Å². The smallest absolute Gasteiger partial charge is 0.191 e. The lowest BCUT2D eigenvalue weighted by Crippen LogP contribution is -2.37. The van der Waals surface area contributed by atoms with Gasteiger partial charge in [-0.05, 0) is 37.5 Å². The maximum absolute atomic E-state index is 5.88. The van der Waals surface area contributed by atoms with Crippen molar-refractivity contribution in [1.29, 1.82) is 0 Å². The van der Waals surface area contributed by atoms with Crippen LogP contribution in [0.2, 0.25) is 5.02 Å². The molecule has 2 N–H and O–H groups in total. The second-order valence-electron chi connectivity index (χ2n) is 5.06. The summed E-state index contributed by atoms with van der Waals surface area (Å²) in [4.78, 5) is 4.58. The number of hydrogen-bond acceptors (Lipinski definition) is 3. The zero-order valence-electron chi connectivity index (χ0n) is 14.5. The highest BCUT2D eigenvalue weighted by molar-refractivity contribution is 14.0. The van der Waals surface area contributed by atoms with Crippen LogP contribution in [0.5, 0.6) is 0 Å². The van der Waals surface area contributed by atoms with Gasteiger partial charge in [0.05, 0.1) is 19.8 Å². The van der Waals surface area contributed by atoms with Crippen LogP contribution in [0, 0.1) is 0 Å². The van der Waals surface area contributed by atoms with E-state index in [1.807, 2.05) is 24.3 Å². The number of rotatable bonds is 11. The Morgan fingerprint density at radius 2 is 1.83 bits per heavy atom. The summed E-state index contributed by atoms with van der Waals surface area (Å²) in [5, 5.41) is 7.33. The zero-order chi connectivity index (χ0) is 16.8. The van der Waals surface area contributed by atoms with Crippen molar-refractivity contribution >= 4 is 41.5 Å². The number of nitrogens with zero attached hydrogens (tertiary/aromatic N) is 1. The van der Waals surface area contributed by atoms with E-state index in [2.05, 4.69) is 22.5 Å². The molecule has 0 aliphatic heterocycles. The van der Waals surface area contributed by atoms with Crippen molar-refractivity contribution in [2.45, 2.75) is 26.3 Å². The molecule has 0 saturated carbocycles. The normalized spacial score (nSPS) is 11.0. The standard InChI is InChI=1S/C17H28ClN3O2.HI/c1-3-19-17(20-10-4-5-11-23-13-12-22-2)21-14-15-6-8-16(18)9-7-15;/h6-9H,3-5,10-14H2,1-2H3,(H2,19,20,21);1H. The first kappa shape index (κ1) is 23.4.